The number of aliphatic hydroxyl groups is 1. The molecular weight excluding hydrogens is 300 g/mol. The van der Waals surface area contributed by atoms with Crippen molar-refractivity contribution in [3.8, 4) is 0 Å². The number of pyridine rings is 1. The molecule has 0 radical (unpaired) electrons. The molecule has 2 aliphatic carbocycles. The molecule has 0 saturated heterocycles. The molecule has 0 aliphatic heterocycles. The normalized spacial score (nSPS) is 24.8. The first-order chi connectivity index (χ1) is 11.7. The van der Waals surface area contributed by atoms with Gasteiger partial charge in [0.2, 0.25) is 5.95 Å². The molecule has 2 heterocycles. The van der Waals surface area contributed by atoms with E-state index in [1.54, 1.807) is 0 Å². The quantitative estimate of drug-likeness (QED) is 0.882. The van der Waals surface area contributed by atoms with Crippen LogP contribution in [-0.4, -0.2) is 26.2 Å². The Morgan fingerprint density at radius 1 is 1.21 bits per heavy atom. The molecule has 2 saturated carbocycles. The highest BCUT2D eigenvalue weighted by Crippen LogP contribution is 2.40. The van der Waals surface area contributed by atoms with Crippen molar-refractivity contribution in [2.24, 2.45) is 5.92 Å². The van der Waals surface area contributed by atoms with Gasteiger partial charge in [0.25, 0.3) is 0 Å². The second-order valence-electron chi connectivity index (χ2n) is 7.15. The van der Waals surface area contributed by atoms with Gasteiger partial charge < -0.3 is 10.4 Å². The average molecular weight is 324 g/mol. The molecule has 1 unspecified atom stereocenters. The van der Waals surface area contributed by atoms with E-state index >= 15 is 0 Å². The minimum absolute atomic E-state index is 0.0469. The van der Waals surface area contributed by atoms with Crippen molar-refractivity contribution < 1.29 is 5.11 Å². The van der Waals surface area contributed by atoms with Crippen molar-refractivity contribution >= 4 is 5.95 Å². The van der Waals surface area contributed by atoms with E-state index in [1.807, 2.05) is 31.3 Å². The number of hydrogen-bond acceptors (Lipinski definition) is 5. The molecule has 126 valence electrons. The number of aromatic nitrogens is 3. The van der Waals surface area contributed by atoms with Gasteiger partial charge in [-0.2, -0.15) is 0 Å². The van der Waals surface area contributed by atoms with Gasteiger partial charge in [-0.05, 0) is 56.7 Å². The van der Waals surface area contributed by atoms with E-state index in [9.17, 15) is 5.11 Å². The fourth-order valence-electron chi connectivity index (χ4n) is 3.60. The molecule has 5 heteroatoms. The number of nitrogens with zero attached hydrogens (tertiary/aromatic N) is 3. The van der Waals surface area contributed by atoms with Gasteiger partial charge in [-0.3, -0.25) is 4.98 Å². The highest BCUT2D eigenvalue weighted by Gasteiger charge is 2.36. The van der Waals surface area contributed by atoms with E-state index in [4.69, 9.17) is 4.98 Å². The number of aliphatic hydroxyl groups excluding tert-OH is 1. The summed E-state index contributed by atoms with van der Waals surface area (Å²) in [5.41, 5.74) is 3.15. The van der Waals surface area contributed by atoms with E-state index in [-0.39, 0.29) is 12.1 Å². The van der Waals surface area contributed by atoms with Crippen LogP contribution >= 0.6 is 0 Å². The van der Waals surface area contributed by atoms with Gasteiger partial charge in [0.15, 0.2) is 0 Å². The van der Waals surface area contributed by atoms with Crippen LogP contribution in [0, 0.1) is 12.8 Å². The standard InChI is InChI=1S/C19H24N4O/c1-12-9-17(13-5-4-6-13)22-19(21-12)23-18(14-10-15(24)11-14)16-7-2-3-8-20-16/h2-3,7-9,13-15,18,24H,4-6,10-11H2,1H3,(H,21,22,23). The summed E-state index contributed by atoms with van der Waals surface area (Å²) >= 11 is 0. The molecule has 2 fully saturated rings. The topological polar surface area (TPSA) is 70.9 Å². The molecule has 2 aromatic heterocycles. The van der Waals surface area contributed by atoms with Crippen molar-refractivity contribution in [2.45, 2.75) is 57.1 Å². The first kappa shape index (κ1) is 15.5. The SMILES string of the molecule is Cc1cc(C2CCC2)nc(NC(c2ccccn2)C2CC(O)C2)n1. The van der Waals surface area contributed by atoms with Gasteiger partial charge in [-0.15, -0.1) is 0 Å². The molecule has 0 aromatic carbocycles. The second-order valence-corrected chi connectivity index (χ2v) is 7.15. The fraction of sp³-hybridized carbons (Fsp3) is 0.526. The molecule has 2 N–H and O–H groups in total. The van der Waals surface area contributed by atoms with Crippen LogP contribution in [0.25, 0.3) is 0 Å². The van der Waals surface area contributed by atoms with Crippen LogP contribution in [0.3, 0.4) is 0 Å². The largest absolute Gasteiger partial charge is 0.393 e. The summed E-state index contributed by atoms with van der Waals surface area (Å²) in [6.07, 6.45) is 6.99. The molecule has 0 amide bonds. The Kier molecular flexibility index (Phi) is 4.19. The first-order valence-electron chi connectivity index (χ1n) is 8.90. The van der Waals surface area contributed by atoms with E-state index in [1.165, 1.54) is 19.3 Å². The van der Waals surface area contributed by atoms with Crippen molar-refractivity contribution in [1.82, 2.24) is 15.0 Å². The van der Waals surface area contributed by atoms with Crippen molar-refractivity contribution in [3.63, 3.8) is 0 Å². The summed E-state index contributed by atoms with van der Waals surface area (Å²) in [5.74, 6) is 1.64. The maximum atomic E-state index is 9.70. The van der Waals surface area contributed by atoms with E-state index < -0.39 is 0 Å². The number of anilines is 1. The smallest absolute Gasteiger partial charge is 0.223 e. The Bertz CT molecular complexity index is 696. The van der Waals surface area contributed by atoms with Gasteiger partial charge in [0.05, 0.1) is 17.8 Å². The van der Waals surface area contributed by atoms with E-state index in [0.717, 1.165) is 29.9 Å². The summed E-state index contributed by atoms with van der Waals surface area (Å²) in [7, 11) is 0. The van der Waals surface area contributed by atoms with Crippen LogP contribution in [0.4, 0.5) is 5.95 Å². The number of aryl methyl sites for hydroxylation is 1. The minimum atomic E-state index is -0.188. The molecule has 0 bridgehead atoms. The maximum Gasteiger partial charge on any atom is 0.223 e. The lowest BCUT2D eigenvalue weighted by atomic mass is 9.76. The number of hydrogen-bond donors (Lipinski definition) is 2. The Balaban J connectivity index is 1.59. The third-order valence-electron chi connectivity index (χ3n) is 5.31. The Hall–Kier alpha value is -2.01. The Labute approximate surface area is 142 Å². The third-order valence-corrected chi connectivity index (χ3v) is 5.31. The lowest BCUT2D eigenvalue weighted by Crippen LogP contribution is -2.36. The summed E-state index contributed by atoms with van der Waals surface area (Å²) in [6.45, 7) is 2.03. The molecule has 0 spiro atoms. The highest BCUT2D eigenvalue weighted by atomic mass is 16.3. The van der Waals surface area contributed by atoms with Crippen LogP contribution in [0.2, 0.25) is 0 Å². The number of rotatable bonds is 5. The van der Waals surface area contributed by atoms with E-state index in [2.05, 4.69) is 21.4 Å². The van der Waals surface area contributed by atoms with Gasteiger partial charge >= 0.3 is 0 Å². The molecule has 5 nitrogen and oxygen atoms in total. The predicted octanol–water partition coefficient (Wildman–Crippen LogP) is 3.37. The van der Waals surface area contributed by atoms with Gasteiger partial charge in [0.1, 0.15) is 0 Å². The van der Waals surface area contributed by atoms with Crippen LogP contribution in [0.15, 0.2) is 30.5 Å². The zero-order chi connectivity index (χ0) is 16.5. The van der Waals surface area contributed by atoms with E-state index in [0.29, 0.717) is 17.8 Å². The number of nitrogens with one attached hydrogen (secondary N) is 1. The lowest BCUT2D eigenvalue weighted by Gasteiger charge is -2.37. The average Bonchev–Trinajstić information content (AvgIpc) is 2.49. The molecule has 2 aliphatic rings. The van der Waals surface area contributed by atoms with Crippen molar-refractivity contribution in [3.05, 3.63) is 47.5 Å². The first-order valence-corrected chi connectivity index (χ1v) is 8.90. The monoisotopic (exact) mass is 324 g/mol. The Morgan fingerprint density at radius 3 is 2.67 bits per heavy atom. The lowest BCUT2D eigenvalue weighted by molar-refractivity contribution is 0.0333. The predicted molar refractivity (Wildman–Crippen MR) is 92.7 cm³/mol. The summed E-state index contributed by atoms with van der Waals surface area (Å²) in [4.78, 5) is 13.9. The summed E-state index contributed by atoms with van der Waals surface area (Å²) in [5, 5.41) is 13.2. The molecule has 1 atom stereocenters. The van der Waals surface area contributed by atoms with Crippen LogP contribution < -0.4 is 5.32 Å². The fourth-order valence-corrected chi connectivity index (χ4v) is 3.60. The van der Waals surface area contributed by atoms with Gasteiger partial charge in [-0.25, -0.2) is 9.97 Å². The van der Waals surface area contributed by atoms with Crippen LogP contribution in [-0.2, 0) is 0 Å². The molecule has 4 rings (SSSR count). The zero-order valence-corrected chi connectivity index (χ0v) is 14.0. The van der Waals surface area contributed by atoms with Gasteiger partial charge in [0, 0.05) is 23.5 Å². The molecule has 2 aromatic rings. The minimum Gasteiger partial charge on any atom is -0.393 e. The Morgan fingerprint density at radius 2 is 2.04 bits per heavy atom. The van der Waals surface area contributed by atoms with Crippen LogP contribution in [0.1, 0.15) is 61.1 Å². The summed E-state index contributed by atoms with van der Waals surface area (Å²) < 4.78 is 0. The molecule has 24 heavy (non-hydrogen) atoms. The maximum absolute atomic E-state index is 9.70. The van der Waals surface area contributed by atoms with Gasteiger partial charge in [-0.1, -0.05) is 12.5 Å². The summed E-state index contributed by atoms with van der Waals surface area (Å²) in [6, 6.07) is 8.12. The van der Waals surface area contributed by atoms with Crippen molar-refractivity contribution in [1.29, 1.82) is 0 Å². The second kappa shape index (κ2) is 6.48. The molecular formula is C19H24N4O. The highest BCUT2D eigenvalue weighted by molar-refractivity contribution is 5.34. The van der Waals surface area contributed by atoms with Crippen LogP contribution in [0.5, 0.6) is 0 Å². The van der Waals surface area contributed by atoms with Crippen molar-refractivity contribution in [2.75, 3.05) is 5.32 Å². The third kappa shape index (κ3) is 3.13. The zero-order valence-electron chi connectivity index (χ0n) is 14.0.